The number of phenolic OH excluding ortho intramolecular Hbond substituents is 1. The van der Waals surface area contributed by atoms with Crippen molar-refractivity contribution in [2.75, 3.05) is 18.4 Å². The van der Waals surface area contributed by atoms with Crippen LogP contribution in [0.5, 0.6) is 5.75 Å². The first-order valence-corrected chi connectivity index (χ1v) is 11.3. The molecule has 5 rings (SSSR count). The first-order valence-electron chi connectivity index (χ1n) is 10.5. The molecule has 1 aliphatic carbocycles. The number of hydrogen-bond acceptors (Lipinski definition) is 5. The van der Waals surface area contributed by atoms with Gasteiger partial charge in [0.15, 0.2) is 5.82 Å². The summed E-state index contributed by atoms with van der Waals surface area (Å²) >= 11 is 3.54. The molecule has 2 aromatic carbocycles. The fraction of sp³-hybridized carbons (Fsp3) is 0.348. The third kappa shape index (κ3) is 4.04. The molecule has 31 heavy (non-hydrogen) atoms. The predicted molar refractivity (Wildman–Crippen MR) is 123 cm³/mol. The molecule has 3 aromatic rings. The minimum Gasteiger partial charge on any atom is -0.507 e. The van der Waals surface area contributed by atoms with E-state index >= 15 is 0 Å². The van der Waals surface area contributed by atoms with Crippen molar-refractivity contribution < 1.29 is 15.0 Å². The summed E-state index contributed by atoms with van der Waals surface area (Å²) in [4.78, 5) is 12.8. The minimum atomic E-state index is -0.898. The molecule has 1 saturated heterocycles. The van der Waals surface area contributed by atoms with E-state index in [2.05, 4.69) is 37.5 Å². The average Bonchev–Trinajstić information content (AvgIpc) is 3.60. The molecule has 2 fully saturated rings. The minimum absolute atomic E-state index is 0.0293. The van der Waals surface area contributed by atoms with Gasteiger partial charge in [-0.3, -0.25) is 0 Å². The second kappa shape index (κ2) is 8.00. The fourth-order valence-electron chi connectivity index (χ4n) is 4.31. The number of anilines is 1. The quantitative estimate of drug-likeness (QED) is 0.472. The summed E-state index contributed by atoms with van der Waals surface area (Å²) < 4.78 is 0.908. The summed E-state index contributed by atoms with van der Waals surface area (Å²) in [5.41, 5.74) is 2.45. The first kappa shape index (κ1) is 20.1. The molecular weight excluding hydrogens is 460 g/mol. The number of fused-ring (bicyclic) bond motifs is 1. The molecule has 1 amide bonds. The number of nitrogens with one attached hydrogen (secondary N) is 1. The maximum absolute atomic E-state index is 11.4. The molecule has 160 valence electrons. The summed E-state index contributed by atoms with van der Waals surface area (Å²) in [7, 11) is 0. The van der Waals surface area contributed by atoms with Gasteiger partial charge in [-0.2, -0.15) is 0 Å². The molecule has 0 spiro atoms. The number of carboxylic acid groups (broad SMARTS) is 1. The van der Waals surface area contributed by atoms with Crippen LogP contribution in [0, 0.1) is 0 Å². The van der Waals surface area contributed by atoms with Crippen LogP contribution in [-0.4, -0.2) is 50.5 Å². The number of amides is 1. The van der Waals surface area contributed by atoms with E-state index in [1.165, 1.54) is 23.3 Å². The van der Waals surface area contributed by atoms with E-state index in [0.717, 1.165) is 28.1 Å². The van der Waals surface area contributed by atoms with Crippen LogP contribution in [0.15, 0.2) is 40.9 Å². The van der Waals surface area contributed by atoms with E-state index in [1.54, 1.807) is 0 Å². The number of phenols is 1. The number of piperidine rings is 1. The lowest BCUT2D eigenvalue weighted by Crippen LogP contribution is -2.44. The molecule has 3 N–H and O–H groups in total. The number of aromatic hydroxyl groups is 1. The summed E-state index contributed by atoms with van der Waals surface area (Å²) in [5, 5.41) is 34.1. The van der Waals surface area contributed by atoms with Gasteiger partial charge in [-0.1, -0.05) is 28.1 Å². The summed E-state index contributed by atoms with van der Waals surface area (Å²) in [6, 6.07) is 11.7. The Kier molecular flexibility index (Phi) is 5.17. The molecule has 2 heterocycles. The van der Waals surface area contributed by atoms with Crippen molar-refractivity contribution in [1.29, 1.82) is 0 Å². The molecule has 7 nitrogen and oxygen atoms in total. The highest BCUT2D eigenvalue weighted by atomic mass is 79.9. The largest absolute Gasteiger partial charge is 0.507 e. The van der Waals surface area contributed by atoms with E-state index in [9.17, 15) is 15.0 Å². The van der Waals surface area contributed by atoms with Crippen LogP contribution in [-0.2, 0) is 0 Å². The van der Waals surface area contributed by atoms with Crippen LogP contribution in [0.3, 0.4) is 0 Å². The Morgan fingerprint density at radius 3 is 2.68 bits per heavy atom. The number of nitrogens with zero attached hydrogens (tertiary/aromatic N) is 3. The lowest BCUT2D eigenvalue weighted by Gasteiger charge is -2.31. The summed E-state index contributed by atoms with van der Waals surface area (Å²) in [6.45, 7) is 0.970. The average molecular weight is 483 g/mol. The molecule has 1 saturated carbocycles. The van der Waals surface area contributed by atoms with Crippen LogP contribution in [0.2, 0.25) is 0 Å². The fourth-order valence-corrected chi connectivity index (χ4v) is 4.67. The first-order chi connectivity index (χ1) is 15.0. The standard InChI is InChI=1S/C23H23BrN4O3/c24-15-6-8-17-19(11-15)22(25-16-2-1-9-28(12-16)23(30)31)27-26-21(17)18-7-5-14(10-20(18)29)13-3-4-13/h5-8,10-11,13,16,29H,1-4,9,12H2,(H,25,27)(H,30,31). The normalized spacial score (nSPS) is 18.9. The number of halogens is 1. The van der Waals surface area contributed by atoms with Gasteiger partial charge in [0.05, 0.1) is 0 Å². The van der Waals surface area contributed by atoms with Crippen molar-refractivity contribution in [3.8, 4) is 17.0 Å². The lowest BCUT2D eigenvalue weighted by molar-refractivity contribution is 0.133. The zero-order valence-electron chi connectivity index (χ0n) is 16.9. The number of carbonyl (C=O) groups is 1. The molecule has 2 aliphatic rings. The Labute approximate surface area is 188 Å². The molecule has 1 unspecified atom stereocenters. The molecular formula is C23H23BrN4O3. The topological polar surface area (TPSA) is 98.6 Å². The Morgan fingerprint density at radius 1 is 1.10 bits per heavy atom. The second-order valence-electron chi connectivity index (χ2n) is 8.35. The monoisotopic (exact) mass is 482 g/mol. The SMILES string of the molecule is O=C(O)N1CCCC(Nc2nnc(-c3ccc(C4CC4)cc3O)c3ccc(Br)cc23)C1. The van der Waals surface area contributed by atoms with Gasteiger partial charge in [0.25, 0.3) is 0 Å². The molecule has 1 aliphatic heterocycles. The molecule has 1 atom stereocenters. The van der Waals surface area contributed by atoms with Gasteiger partial charge >= 0.3 is 6.09 Å². The Morgan fingerprint density at radius 2 is 1.94 bits per heavy atom. The maximum Gasteiger partial charge on any atom is 0.407 e. The van der Waals surface area contributed by atoms with Crippen LogP contribution in [0.1, 0.15) is 37.2 Å². The maximum atomic E-state index is 11.4. The van der Waals surface area contributed by atoms with Crippen molar-refractivity contribution in [3.05, 3.63) is 46.4 Å². The van der Waals surface area contributed by atoms with Gasteiger partial charge in [-0.25, -0.2) is 4.79 Å². The number of aromatic nitrogens is 2. The Hall–Kier alpha value is -2.87. The Bertz CT molecular complexity index is 1170. The summed E-state index contributed by atoms with van der Waals surface area (Å²) in [6.07, 6.45) is 3.13. The van der Waals surface area contributed by atoms with Crippen molar-refractivity contribution in [3.63, 3.8) is 0 Å². The van der Waals surface area contributed by atoms with Gasteiger partial charge in [-0.05, 0) is 61.4 Å². The highest BCUT2D eigenvalue weighted by Gasteiger charge is 2.26. The van der Waals surface area contributed by atoms with Gasteiger partial charge in [0.1, 0.15) is 11.4 Å². The zero-order valence-corrected chi connectivity index (χ0v) is 18.5. The van der Waals surface area contributed by atoms with Crippen molar-refractivity contribution in [2.24, 2.45) is 0 Å². The molecule has 0 bridgehead atoms. The van der Waals surface area contributed by atoms with Crippen LogP contribution < -0.4 is 5.32 Å². The van der Waals surface area contributed by atoms with E-state index in [0.29, 0.717) is 36.1 Å². The van der Waals surface area contributed by atoms with Gasteiger partial charge < -0.3 is 20.4 Å². The lowest BCUT2D eigenvalue weighted by atomic mass is 10.0. The van der Waals surface area contributed by atoms with Crippen LogP contribution >= 0.6 is 15.9 Å². The van der Waals surface area contributed by atoms with Crippen LogP contribution in [0.4, 0.5) is 10.6 Å². The van der Waals surface area contributed by atoms with Gasteiger partial charge in [-0.15, -0.1) is 10.2 Å². The molecule has 0 radical (unpaired) electrons. The van der Waals surface area contributed by atoms with E-state index in [1.807, 2.05) is 30.3 Å². The summed E-state index contributed by atoms with van der Waals surface area (Å²) in [5.74, 6) is 1.39. The van der Waals surface area contributed by atoms with Crippen LogP contribution in [0.25, 0.3) is 22.0 Å². The molecule has 8 heteroatoms. The second-order valence-corrected chi connectivity index (χ2v) is 9.27. The van der Waals surface area contributed by atoms with Gasteiger partial charge in [0.2, 0.25) is 0 Å². The van der Waals surface area contributed by atoms with E-state index in [4.69, 9.17) is 0 Å². The predicted octanol–water partition coefficient (Wildman–Crippen LogP) is 5.20. The highest BCUT2D eigenvalue weighted by molar-refractivity contribution is 9.10. The zero-order chi connectivity index (χ0) is 21.5. The third-order valence-corrected chi connectivity index (χ3v) is 6.59. The Balaban J connectivity index is 1.52. The van der Waals surface area contributed by atoms with E-state index < -0.39 is 6.09 Å². The van der Waals surface area contributed by atoms with Crippen molar-refractivity contribution >= 4 is 38.6 Å². The highest BCUT2D eigenvalue weighted by Crippen LogP contribution is 2.43. The van der Waals surface area contributed by atoms with Crippen molar-refractivity contribution in [1.82, 2.24) is 15.1 Å². The molecule has 1 aromatic heterocycles. The third-order valence-electron chi connectivity index (χ3n) is 6.10. The van der Waals surface area contributed by atoms with Gasteiger partial charge in [0, 0.05) is 39.9 Å². The van der Waals surface area contributed by atoms with Crippen molar-refractivity contribution in [2.45, 2.75) is 37.6 Å². The number of likely N-dealkylation sites (tertiary alicyclic amines) is 1. The number of rotatable bonds is 4. The smallest absolute Gasteiger partial charge is 0.407 e. The number of hydrogen-bond donors (Lipinski definition) is 3. The van der Waals surface area contributed by atoms with E-state index in [-0.39, 0.29) is 11.8 Å². The number of benzene rings is 2.